The Labute approximate surface area is 202 Å². The second-order valence-electron chi connectivity index (χ2n) is 10.2. The molecule has 0 amide bonds. The van der Waals surface area contributed by atoms with Crippen LogP contribution in [0.3, 0.4) is 0 Å². The Balaban J connectivity index is 2.08. The molecule has 0 radical (unpaired) electrons. The fourth-order valence-electron chi connectivity index (χ4n) is 4.91. The summed E-state index contributed by atoms with van der Waals surface area (Å²) in [5, 5.41) is 0. The molecule has 1 rings (SSSR count). The average Bonchev–Trinajstić information content (AvgIpc) is 3.18. The highest BCUT2D eigenvalue weighted by molar-refractivity contribution is 4.84. The topological polar surface area (TPSA) is 8.81 Å². The van der Waals surface area contributed by atoms with E-state index < -0.39 is 0 Å². The average molecular weight is 448 g/mol. The second kappa shape index (κ2) is 22.0. The van der Waals surface area contributed by atoms with Gasteiger partial charge in [0, 0.05) is 6.42 Å². The van der Waals surface area contributed by atoms with Gasteiger partial charge in [-0.1, -0.05) is 124 Å². The fourth-order valence-corrected chi connectivity index (χ4v) is 4.91. The maximum atomic E-state index is 2.57. The molecule has 188 valence electrons. The normalized spacial score (nSPS) is 11.5. The van der Waals surface area contributed by atoms with E-state index in [9.17, 15) is 0 Å². The minimum atomic E-state index is 1.21. The standard InChI is InChI=1S/C30H59N2/c1-4-7-10-11-12-13-14-15-16-17-18-19-20-21-24-27-32-29-28-31(26-23-9-6-3)30(32)25-22-8-5-2/h28-29H,4-27H2,1-3H3/q+1. The number of nitrogens with zero attached hydrogens (tertiary/aromatic N) is 2. The molecule has 0 aromatic carbocycles. The van der Waals surface area contributed by atoms with Crippen LogP contribution in [-0.4, -0.2) is 4.57 Å². The van der Waals surface area contributed by atoms with Crippen LogP contribution >= 0.6 is 0 Å². The Bertz CT molecular complexity index is 505. The zero-order valence-electron chi connectivity index (χ0n) is 22.5. The van der Waals surface area contributed by atoms with Gasteiger partial charge >= 0.3 is 0 Å². The summed E-state index contributed by atoms with van der Waals surface area (Å²) in [6, 6.07) is 0. The molecule has 0 N–H and O–H groups in total. The molecule has 0 bridgehead atoms. The fraction of sp³-hybridized carbons (Fsp3) is 0.900. The quantitative estimate of drug-likeness (QED) is 0.110. The molecule has 0 spiro atoms. The molecular weight excluding hydrogens is 388 g/mol. The minimum Gasteiger partial charge on any atom is -0.234 e. The lowest BCUT2D eigenvalue weighted by molar-refractivity contribution is -0.704. The Hall–Kier alpha value is -0.790. The third kappa shape index (κ3) is 15.1. The molecule has 1 aromatic rings. The van der Waals surface area contributed by atoms with E-state index in [2.05, 4.69) is 42.3 Å². The minimum absolute atomic E-state index is 1.21. The molecule has 0 atom stereocenters. The zero-order valence-corrected chi connectivity index (χ0v) is 22.5. The van der Waals surface area contributed by atoms with Crippen LogP contribution in [0.1, 0.15) is 161 Å². The van der Waals surface area contributed by atoms with Crippen molar-refractivity contribution in [3.63, 3.8) is 0 Å². The van der Waals surface area contributed by atoms with Gasteiger partial charge in [0.05, 0.1) is 13.1 Å². The van der Waals surface area contributed by atoms with Gasteiger partial charge in [0.15, 0.2) is 0 Å². The number of hydrogen-bond donors (Lipinski definition) is 0. The van der Waals surface area contributed by atoms with E-state index in [4.69, 9.17) is 0 Å². The van der Waals surface area contributed by atoms with Crippen LogP contribution in [-0.2, 0) is 19.5 Å². The summed E-state index contributed by atoms with van der Waals surface area (Å²) in [6.07, 6.45) is 35.6. The molecular formula is C30H59N2+. The van der Waals surface area contributed by atoms with E-state index in [-0.39, 0.29) is 0 Å². The van der Waals surface area contributed by atoms with E-state index in [0.717, 1.165) is 0 Å². The van der Waals surface area contributed by atoms with Gasteiger partial charge in [-0.15, -0.1) is 0 Å². The first-order valence-electron chi connectivity index (χ1n) is 14.9. The molecule has 0 fully saturated rings. The second-order valence-corrected chi connectivity index (χ2v) is 10.2. The van der Waals surface area contributed by atoms with Crippen molar-refractivity contribution in [2.45, 2.75) is 175 Å². The first-order valence-corrected chi connectivity index (χ1v) is 14.9. The van der Waals surface area contributed by atoms with Crippen LogP contribution in [0.15, 0.2) is 12.4 Å². The van der Waals surface area contributed by atoms with Gasteiger partial charge in [-0.3, -0.25) is 0 Å². The maximum Gasteiger partial charge on any atom is 0.256 e. The predicted octanol–water partition coefficient (Wildman–Crippen LogP) is 9.57. The highest BCUT2D eigenvalue weighted by Crippen LogP contribution is 2.14. The first kappa shape index (κ1) is 29.2. The van der Waals surface area contributed by atoms with Crippen molar-refractivity contribution in [1.29, 1.82) is 0 Å². The molecule has 0 aliphatic carbocycles. The summed E-state index contributed by atoms with van der Waals surface area (Å²) >= 11 is 0. The first-order chi connectivity index (χ1) is 15.8. The summed E-state index contributed by atoms with van der Waals surface area (Å²) in [6.45, 7) is 9.34. The lowest BCUT2D eigenvalue weighted by atomic mass is 10.0. The number of aryl methyl sites for hydroxylation is 2. The lowest BCUT2D eigenvalue weighted by Gasteiger charge is -2.06. The summed E-state index contributed by atoms with van der Waals surface area (Å²) in [7, 11) is 0. The van der Waals surface area contributed by atoms with Crippen molar-refractivity contribution in [2.75, 3.05) is 0 Å². The van der Waals surface area contributed by atoms with Crippen LogP contribution in [0.2, 0.25) is 0 Å². The molecule has 2 nitrogen and oxygen atoms in total. The molecule has 0 aliphatic heterocycles. The van der Waals surface area contributed by atoms with Gasteiger partial charge in [0.1, 0.15) is 12.4 Å². The van der Waals surface area contributed by atoms with E-state index in [1.165, 1.54) is 154 Å². The van der Waals surface area contributed by atoms with Crippen LogP contribution in [0.5, 0.6) is 0 Å². The molecule has 0 saturated carbocycles. The zero-order chi connectivity index (χ0) is 23.1. The molecule has 0 unspecified atom stereocenters. The van der Waals surface area contributed by atoms with Crippen molar-refractivity contribution in [2.24, 2.45) is 0 Å². The summed E-state index contributed by atoms with van der Waals surface area (Å²) < 4.78 is 5.13. The molecule has 32 heavy (non-hydrogen) atoms. The number of unbranched alkanes of at least 4 members (excludes halogenated alkanes) is 18. The van der Waals surface area contributed by atoms with Gasteiger partial charge in [0.2, 0.25) is 0 Å². The van der Waals surface area contributed by atoms with Crippen molar-refractivity contribution >= 4 is 0 Å². The van der Waals surface area contributed by atoms with Gasteiger partial charge in [-0.2, -0.15) is 0 Å². The number of imidazole rings is 1. The van der Waals surface area contributed by atoms with Crippen LogP contribution < -0.4 is 4.57 Å². The van der Waals surface area contributed by atoms with Gasteiger partial charge in [0.25, 0.3) is 5.82 Å². The van der Waals surface area contributed by atoms with Crippen LogP contribution in [0.4, 0.5) is 0 Å². The van der Waals surface area contributed by atoms with Gasteiger partial charge < -0.3 is 0 Å². The Morgan fingerprint density at radius 3 is 1.50 bits per heavy atom. The Morgan fingerprint density at radius 1 is 0.531 bits per heavy atom. The predicted molar refractivity (Wildman–Crippen MR) is 142 cm³/mol. The summed E-state index contributed by atoms with van der Waals surface area (Å²) in [5.41, 5.74) is 0. The third-order valence-electron chi connectivity index (χ3n) is 7.10. The Morgan fingerprint density at radius 2 is 0.969 bits per heavy atom. The van der Waals surface area contributed by atoms with Gasteiger partial charge in [-0.05, 0) is 32.1 Å². The van der Waals surface area contributed by atoms with Crippen LogP contribution in [0, 0.1) is 0 Å². The van der Waals surface area contributed by atoms with E-state index in [1.54, 1.807) is 5.82 Å². The number of rotatable bonds is 24. The van der Waals surface area contributed by atoms with Crippen LogP contribution in [0.25, 0.3) is 0 Å². The number of hydrogen-bond acceptors (Lipinski definition) is 0. The highest BCUT2D eigenvalue weighted by Gasteiger charge is 2.16. The Kier molecular flexibility index (Phi) is 20.1. The molecule has 1 aromatic heterocycles. The lowest BCUT2D eigenvalue weighted by Crippen LogP contribution is -2.37. The maximum absolute atomic E-state index is 2.57. The monoisotopic (exact) mass is 447 g/mol. The summed E-state index contributed by atoms with van der Waals surface area (Å²) in [4.78, 5) is 0. The molecule has 0 aliphatic rings. The van der Waals surface area contributed by atoms with Crippen molar-refractivity contribution in [3.05, 3.63) is 18.2 Å². The van der Waals surface area contributed by atoms with E-state index in [0.29, 0.717) is 0 Å². The highest BCUT2D eigenvalue weighted by atomic mass is 15.1. The van der Waals surface area contributed by atoms with Crippen molar-refractivity contribution < 1.29 is 4.57 Å². The third-order valence-corrected chi connectivity index (χ3v) is 7.10. The van der Waals surface area contributed by atoms with E-state index >= 15 is 0 Å². The smallest absolute Gasteiger partial charge is 0.234 e. The SMILES string of the molecule is CCCCCCCCCCCCCCCCCn1cc[n+](CCCCC)c1CCCCC. The van der Waals surface area contributed by atoms with E-state index in [1.807, 2.05) is 0 Å². The van der Waals surface area contributed by atoms with Crippen molar-refractivity contribution in [1.82, 2.24) is 4.57 Å². The van der Waals surface area contributed by atoms with Gasteiger partial charge in [-0.25, -0.2) is 9.13 Å². The largest absolute Gasteiger partial charge is 0.256 e. The molecule has 1 heterocycles. The molecule has 0 saturated heterocycles. The summed E-state index contributed by atoms with van der Waals surface area (Å²) in [5.74, 6) is 1.58. The van der Waals surface area contributed by atoms with Crippen molar-refractivity contribution in [3.8, 4) is 0 Å². The number of aromatic nitrogens is 2. The molecule has 2 heteroatoms.